The molecule has 0 heterocycles. The molecule has 4 heteroatoms. The molecule has 0 fully saturated rings. The van der Waals surface area contributed by atoms with E-state index in [4.69, 9.17) is 18.9 Å². The first-order valence-corrected chi connectivity index (χ1v) is 8.49. The molecule has 0 aliphatic rings. The topological polar surface area (TPSA) is 36.9 Å². The van der Waals surface area contributed by atoms with Crippen molar-refractivity contribution in [2.75, 3.05) is 20.0 Å². The Balaban J connectivity index is 2.01. The molecule has 0 bridgehead atoms. The SMILES string of the molecule is C=COCCOc1ccc(C(C)(C)c2ccc(OCOC=C)cc2)cc1. The maximum Gasteiger partial charge on any atom is 0.229 e. The minimum absolute atomic E-state index is 0.138. The molecule has 0 aliphatic heterocycles. The van der Waals surface area contributed by atoms with Crippen LogP contribution in [0.1, 0.15) is 25.0 Å². The number of ether oxygens (including phenoxy) is 4. The van der Waals surface area contributed by atoms with Crippen molar-refractivity contribution in [3.05, 3.63) is 85.3 Å². The summed E-state index contributed by atoms with van der Waals surface area (Å²) in [5.41, 5.74) is 2.26. The molecule has 0 saturated heterocycles. The van der Waals surface area contributed by atoms with Gasteiger partial charge in [-0.3, -0.25) is 0 Å². The van der Waals surface area contributed by atoms with Gasteiger partial charge in [0.1, 0.15) is 24.7 Å². The van der Waals surface area contributed by atoms with Gasteiger partial charge in [-0.25, -0.2) is 0 Å². The quantitative estimate of drug-likeness (QED) is 0.321. The fourth-order valence-electron chi connectivity index (χ4n) is 2.54. The summed E-state index contributed by atoms with van der Waals surface area (Å²) in [6, 6.07) is 16.2. The highest BCUT2D eigenvalue weighted by Crippen LogP contribution is 2.33. The molecule has 4 nitrogen and oxygen atoms in total. The van der Waals surface area contributed by atoms with Crippen LogP contribution < -0.4 is 9.47 Å². The van der Waals surface area contributed by atoms with E-state index >= 15 is 0 Å². The Labute approximate surface area is 155 Å². The van der Waals surface area contributed by atoms with Crippen molar-refractivity contribution in [1.29, 1.82) is 0 Å². The standard InChI is InChI=1S/C22H26O4/c1-5-23-15-16-25-20-11-7-18(8-12-20)22(3,4)19-9-13-21(14-10-19)26-17-24-6-2/h5-14H,1-2,15-17H2,3-4H3. The molecular formula is C22H26O4. The van der Waals surface area contributed by atoms with Crippen LogP contribution in [0.2, 0.25) is 0 Å². The van der Waals surface area contributed by atoms with Crippen LogP contribution in [0.3, 0.4) is 0 Å². The van der Waals surface area contributed by atoms with Gasteiger partial charge in [0.15, 0.2) is 0 Å². The van der Waals surface area contributed by atoms with Gasteiger partial charge in [-0.1, -0.05) is 51.3 Å². The summed E-state index contributed by atoms with van der Waals surface area (Å²) in [5.74, 6) is 1.58. The Morgan fingerprint density at radius 1 is 0.731 bits per heavy atom. The zero-order valence-electron chi connectivity index (χ0n) is 15.4. The van der Waals surface area contributed by atoms with Gasteiger partial charge >= 0.3 is 0 Å². The third-order valence-corrected chi connectivity index (χ3v) is 4.15. The zero-order chi connectivity index (χ0) is 18.8. The normalized spacial score (nSPS) is 10.7. The molecule has 0 N–H and O–H groups in total. The maximum atomic E-state index is 5.64. The fourth-order valence-corrected chi connectivity index (χ4v) is 2.54. The van der Waals surface area contributed by atoms with E-state index in [1.807, 2.05) is 24.3 Å². The van der Waals surface area contributed by atoms with E-state index in [9.17, 15) is 0 Å². The first kappa shape index (κ1) is 19.4. The Morgan fingerprint density at radius 2 is 1.23 bits per heavy atom. The molecule has 0 spiro atoms. The second-order valence-electron chi connectivity index (χ2n) is 6.16. The van der Waals surface area contributed by atoms with Crippen LogP contribution >= 0.6 is 0 Å². The van der Waals surface area contributed by atoms with Gasteiger partial charge in [-0.2, -0.15) is 0 Å². The molecule has 0 saturated carbocycles. The largest absolute Gasteiger partial charge is 0.498 e. The number of hydrogen-bond acceptors (Lipinski definition) is 4. The van der Waals surface area contributed by atoms with Crippen LogP contribution in [-0.4, -0.2) is 20.0 Å². The highest BCUT2D eigenvalue weighted by molar-refractivity contribution is 5.41. The van der Waals surface area contributed by atoms with E-state index in [0.29, 0.717) is 13.2 Å². The zero-order valence-corrected chi connectivity index (χ0v) is 15.4. The summed E-state index contributed by atoms with van der Waals surface area (Å²) < 4.78 is 21.1. The summed E-state index contributed by atoms with van der Waals surface area (Å²) in [4.78, 5) is 0. The number of rotatable bonds is 11. The van der Waals surface area contributed by atoms with Gasteiger partial charge in [0.25, 0.3) is 0 Å². The number of benzene rings is 2. The highest BCUT2D eigenvalue weighted by Gasteiger charge is 2.23. The molecule has 2 aromatic rings. The fraction of sp³-hybridized carbons (Fsp3) is 0.273. The minimum atomic E-state index is -0.138. The van der Waals surface area contributed by atoms with Gasteiger partial charge in [-0.15, -0.1) is 0 Å². The van der Waals surface area contributed by atoms with Crippen molar-refractivity contribution in [3.8, 4) is 11.5 Å². The molecular weight excluding hydrogens is 328 g/mol. The van der Waals surface area contributed by atoms with Crippen molar-refractivity contribution in [1.82, 2.24) is 0 Å². The summed E-state index contributed by atoms with van der Waals surface area (Å²) in [6.07, 6.45) is 2.77. The highest BCUT2D eigenvalue weighted by atomic mass is 16.7. The summed E-state index contributed by atoms with van der Waals surface area (Å²) in [6.45, 7) is 12.5. The van der Waals surface area contributed by atoms with Crippen LogP contribution in [0.25, 0.3) is 0 Å². The molecule has 0 atom stereocenters. The third-order valence-electron chi connectivity index (χ3n) is 4.15. The van der Waals surface area contributed by atoms with Gasteiger partial charge in [0, 0.05) is 5.41 Å². The first-order valence-electron chi connectivity index (χ1n) is 8.49. The van der Waals surface area contributed by atoms with Crippen LogP contribution in [0.15, 0.2) is 74.2 Å². The van der Waals surface area contributed by atoms with Crippen LogP contribution in [0.4, 0.5) is 0 Å². The van der Waals surface area contributed by atoms with E-state index in [1.54, 1.807) is 0 Å². The lowest BCUT2D eigenvalue weighted by Gasteiger charge is -2.26. The summed E-state index contributed by atoms with van der Waals surface area (Å²) in [7, 11) is 0. The molecule has 2 aromatic carbocycles. The van der Waals surface area contributed by atoms with Crippen molar-refractivity contribution in [3.63, 3.8) is 0 Å². The predicted octanol–water partition coefficient (Wildman–Crippen LogP) is 5.05. The Bertz CT molecular complexity index is 687. The van der Waals surface area contributed by atoms with Gasteiger partial charge < -0.3 is 18.9 Å². The lowest BCUT2D eigenvalue weighted by molar-refractivity contribution is 0.0806. The van der Waals surface area contributed by atoms with Gasteiger partial charge in [0.2, 0.25) is 6.79 Å². The third kappa shape index (κ3) is 5.31. The van der Waals surface area contributed by atoms with Crippen LogP contribution in [-0.2, 0) is 14.9 Å². The molecule has 0 aromatic heterocycles. The molecule has 0 radical (unpaired) electrons. The van der Waals surface area contributed by atoms with Gasteiger partial charge in [-0.05, 0) is 35.4 Å². The maximum absolute atomic E-state index is 5.64. The lowest BCUT2D eigenvalue weighted by atomic mass is 9.78. The summed E-state index contributed by atoms with van der Waals surface area (Å²) >= 11 is 0. The van der Waals surface area contributed by atoms with Crippen LogP contribution in [0.5, 0.6) is 11.5 Å². The second-order valence-corrected chi connectivity index (χ2v) is 6.16. The Hall–Kier alpha value is -2.88. The van der Waals surface area contributed by atoms with Crippen molar-refractivity contribution in [2.24, 2.45) is 0 Å². The van der Waals surface area contributed by atoms with E-state index in [1.165, 1.54) is 23.7 Å². The Morgan fingerprint density at radius 3 is 1.73 bits per heavy atom. The van der Waals surface area contributed by atoms with Crippen molar-refractivity contribution >= 4 is 0 Å². The average Bonchev–Trinajstić information content (AvgIpc) is 2.66. The van der Waals surface area contributed by atoms with E-state index in [-0.39, 0.29) is 12.2 Å². The van der Waals surface area contributed by atoms with E-state index < -0.39 is 0 Å². The average molecular weight is 354 g/mol. The van der Waals surface area contributed by atoms with Crippen molar-refractivity contribution in [2.45, 2.75) is 19.3 Å². The minimum Gasteiger partial charge on any atom is -0.498 e. The second kappa shape index (κ2) is 9.56. The predicted molar refractivity (Wildman–Crippen MR) is 103 cm³/mol. The van der Waals surface area contributed by atoms with Crippen molar-refractivity contribution < 1.29 is 18.9 Å². The lowest BCUT2D eigenvalue weighted by Crippen LogP contribution is -2.18. The molecule has 138 valence electrons. The summed E-state index contributed by atoms with van der Waals surface area (Å²) in [5, 5.41) is 0. The smallest absolute Gasteiger partial charge is 0.229 e. The first-order chi connectivity index (χ1) is 12.6. The number of hydrogen-bond donors (Lipinski definition) is 0. The van der Waals surface area contributed by atoms with Gasteiger partial charge in [0.05, 0.1) is 12.5 Å². The molecule has 0 aliphatic carbocycles. The molecule has 2 rings (SSSR count). The molecule has 0 amide bonds. The Kier molecular flexibility index (Phi) is 7.15. The van der Waals surface area contributed by atoms with E-state index in [0.717, 1.165) is 11.5 Å². The molecule has 26 heavy (non-hydrogen) atoms. The van der Waals surface area contributed by atoms with E-state index in [2.05, 4.69) is 51.3 Å². The monoisotopic (exact) mass is 354 g/mol. The molecule has 0 unspecified atom stereocenters. The van der Waals surface area contributed by atoms with Crippen LogP contribution in [0, 0.1) is 0 Å².